The minimum absolute atomic E-state index is 0.00606. The zero-order valence-electron chi connectivity index (χ0n) is 11.0. The van der Waals surface area contributed by atoms with Gasteiger partial charge in [0.25, 0.3) is 10.0 Å². The standard InChI is InChI=1S/C13H13N3O3S2/c17-13(9-5-2-1-3-6-9)16-21(18,19)11-8-4-7-10-12(11)15-20-14-10/h1-2,4,7-9H,3,5-6H2,(H,16,17)/t9-/m0/s1. The molecule has 0 unspecified atom stereocenters. The number of hydrogen-bond donors (Lipinski definition) is 1. The van der Waals surface area contributed by atoms with Crippen molar-refractivity contribution in [3.05, 3.63) is 30.4 Å². The van der Waals surface area contributed by atoms with Crippen LogP contribution in [0, 0.1) is 5.92 Å². The van der Waals surface area contributed by atoms with Crippen molar-refractivity contribution in [1.29, 1.82) is 0 Å². The van der Waals surface area contributed by atoms with E-state index in [9.17, 15) is 13.2 Å². The lowest BCUT2D eigenvalue weighted by molar-refractivity contribution is -0.123. The number of benzene rings is 1. The molecular formula is C13H13N3O3S2. The molecule has 8 heteroatoms. The third kappa shape index (κ3) is 2.81. The minimum Gasteiger partial charge on any atom is -0.274 e. The first-order valence-electron chi connectivity index (χ1n) is 6.51. The monoisotopic (exact) mass is 323 g/mol. The van der Waals surface area contributed by atoms with E-state index in [2.05, 4.69) is 13.5 Å². The Hall–Kier alpha value is -1.80. The van der Waals surface area contributed by atoms with Crippen molar-refractivity contribution in [3.8, 4) is 0 Å². The smallest absolute Gasteiger partial charge is 0.266 e. The van der Waals surface area contributed by atoms with Crippen molar-refractivity contribution in [1.82, 2.24) is 13.5 Å². The van der Waals surface area contributed by atoms with E-state index in [1.807, 2.05) is 12.2 Å². The molecule has 110 valence electrons. The predicted octanol–water partition coefficient (Wildman–Crippen LogP) is 1.85. The highest BCUT2D eigenvalue weighted by atomic mass is 32.2. The predicted molar refractivity (Wildman–Crippen MR) is 79.2 cm³/mol. The number of rotatable bonds is 3. The number of fused-ring (bicyclic) bond motifs is 1. The number of carbonyl (C=O) groups excluding carboxylic acids is 1. The Kier molecular flexibility index (Phi) is 3.73. The first kappa shape index (κ1) is 14.2. The van der Waals surface area contributed by atoms with E-state index in [0.717, 1.165) is 18.1 Å². The van der Waals surface area contributed by atoms with Gasteiger partial charge in [-0.3, -0.25) is 4.79 Å². The summed E-state index contributed by atoms with van der Waals surface area (Å²) in [5, 5.41) is 0. The van der Waals surface area contributed by atoms with Crippen LogP contribution < -0.4 is 4.72 Å². The lowest BCUT2D eigenvalue weighted by Crippen LogP contribution is -2.36. The summed E-state index contributed by atoms with van der Waals surface area (Å²) in [5.41, 5.74) is 0.808. The van der Waals surface area contributed by atoms with Gasteiger partial charge in [-0.1, -0.05) is 18.2 Å². The van der Waals surface area contributed by atoms with Crippen LogP contribution >= 0.6 is 11.7 Å². The molecule has 0 aliphatic heterocycles. The zero-order valence-corrected chi connectivity index (χ0v) is 12.7. The number of nitrogens with zero attached hydrogens (tertiary/aromatic N) is 2. The molecule has 0 radical (unpaired) electrons. The molecule has 1 amide bonds. The molecule has 6 nitrogen and oxygen atoms in total. The van der Waals surface area contributed by atoms with Crippen LogP contribution in [0.4, 0.5) is 0 Å². The second kappa shape index (κ2) is 5.53. The third-order valence-electron chi connectivity index (χ3n) is 3.41. The SMILES string of the molecule is O=C(NS(=O)(=O)c1cccc2nsnc12)[C@H]1CC=CCC1. The highest BCUT2D eigenvalue weighted by Crippen LogP contribution is 2.23. The van der Waals surface area contributed by atoms with Crippen molar-refractivity contribution in [2.24, 2.45) is 5.92 Å². The van der Waals surface area contributed by atoms with E-state index in [1.54, 1.807) is 12.1 Å². The zero-order chi connectivity index (χ0) is 14.9. The van der Waals surface area contributed by atoms with E-state index < -0.39 is 15.9 Å². The van der Waals surface area contributed by atoms with Crippen LogP contribution in [0.25, 0.3) is 11.0 Å². The average molecular weight is 323 g/mol. The number of amides is 1. The summed E-state index contributed by atoms with van der Waals surface area (Å²) in [6, 6.07) is 4.71. The maximum absolute atomic E-state index is 12.4. The molecular weight excluding hydrogens is 310 g/mol. The van der Waals surface area contributed by atoms with E-state index in [-0.39, 0.29) is 10.8 Å². The fourth-order valence-electron chi connectivity index (χ4n) is 2.30. The third-order valence-corrected chi connectivity index (χ3v) is 5.33. The van der Waals surface area contributed by atoms with E-state index in [4.69, 9.17) is 0 Å². The summed E-state index contributed by atoms with van der Waals surface area (Å²) in [6.45, 7) is 0. The van der Waals surface area contributed by atoms with Crippen molar-refractivity contribution in [3.63, 3.8) is 0 Å². The molecule has 21 heavy (non-hydrogen) atoms. The van der Waals surface area contributed by atoms with Crippen LogP contribution in [0.3, 0.4) is 0 Å². The second-order valence-corrected chi connectivity index (χ2v) is 7.02. The Labute approximate surface area is 126 Å². The van der Waals surface area contributed by atoms with Crippen molar-refractivity contribution in [2.75, 3.05) is 0 Å². The normalized spacial score (nSPS) is 18.8. The van der Waals surface area contributed by atoms with Gasteiger partial charge >= 0.3 is 0 Å². The van der Waals surface area contributed by atoms with Gasteiger partial charge in [-0.15, -0.1) is 0 Å². The second-order valence-electron chi connectivity index (χ2n) is 4.84. The number of hydrogen-bond acceptors (Lipinski definition) is 6. The van der Waals surface area contributed by atoms with Gasteiger partial charge in [-0.25, -0.2) is 13.1 Å². The summed E-state index contributed by atoms with van der Waals surface area (Å²) in [5.74, 6) is -0.753. The van der Waals surface area contributed by atoms with Crippen LogP contribution in [-0.2, 0) is 14.8 Å². The molecule has 1 atom stereocenters. The number of nitrogens with one attached hydrogen (secondary N) is 1. The van der Waals surface area contributed by atoms with Gasteiger partial charge < -0.3 is 0 Å². The minimum atomic E-state index is -3.92. The molecule has 0 saturated heterocycles. The largest absolute Gasteiger partial charge is 0.274 e. The molecule has 1 aliphatic carbocycles. The molecule has 0 fully saturated rings. The molecule has 1 aliphatic rings. The molecule has 3 rings (SSSR count). The fraction of sp³-hybridized carbons (Fsp3) is 0.308. The van der Waals surface area contributed by atoms with Gasteiger partial charge in [0.15, 0.2) is 0 Å². The van der Waals surface area contributed by atoms with Crippen LogP contribution in [0.1, 0.15) is 19.3 Å². The van der Waals surface area contributed by atoms with Gasteiger partial charge in [0.05, 0.1) is 11.7 Å². The summed E-state index contributed by atoms with van der Waals surface area (Å²) in [4.78, 5) is 12.1. The maximum atomic E-state index is 12.4. The van der Waals surface area contributed by atoms with Crippen LogP contribution in [-0.4, -0.2) is 23.1 Å². The average Bonchev–Trinajstić information content (AvgIpc) is 2.95. The Morgan fingerprint density at radius 3 is 2.90 bits per heavy atom. The Morgan fingerprint density at radius 2 is 2.14 bits per heavy atom. The maximum Gasteiger partial charge on any atom is 0.266 e. The Bertz CT molecular complexity index is 811. The van der Waals surface area contributed by atoms with E-state index in [1.165, 1.54) is 6.07 Å². The molecule has 0 saturated carbocycles. The Morgan fingerprint density at radius 1 is 1.29 bits per heavy atom. The molecule has 1 N–H and O–H groups in total. The van der Waals surface area contributed by atoms with Crippen LogP contribution in [0.5, 0.6) is 0 Å². The number of aromatic nitrogens is 2. The van der Waals surface area contributed by atoms with Crippen LogP contribution in [0.2, 0.25) is 0 Å². The van der Waals surface area contributed by atoms with Crippen LogP contribution in [0.15, 0.2) is 35.2 Å². The van der Waals surface area contributed by atoms with E-state index in [0.29, 0.717) is 23.9 Å². The summed E-state index contributed by atoms with van der Waals surface area (Å²) in [6.07, 6.45) is 5.94. The van der Waals surface area contributed by atoms with Crippen molar-refractivity contribution in [2.45, 2.75) is 24.2 Å². The number of carbonyl (C=O) groups is 1. The number of sulfonamides is 1. The quantitative estimate of drug-likeness (QED) is 0.871. The van der Waals surface area contributed by atoms with E-state index >= 15 is 0 Å². The highest BCUT2D eigenvalue weighted by Gasteiger charge is 2.26. The molecule has 0 bridgehead atoms. The Balaban J connectivity index is 1.88. The molecule has 1 aromatic carbocycles. The van der Waals surface area contributed by atoms with Gasteiger partial charge in [0, 0.05) is 5.92 Å². The van der Waals surface area contributed by atoms with Crippen molar-refractivity contribution >= 4 is 38.7 Å². The number of allylic oxidation sites excluding steroid dienone is 2. The van der Waals surface area contributed by atoms with Crippen molar-refractivity contribution < 1.29 is 13.2 Å². The van der Waals surface area contributed by atoms with Gasteiger partial charge in [-0.2, -0.15) is 8.75 Å². The molecule has 2 aromatic rings. The molecule has 1 aromatic heterocycles. The lowest BCUT2D eigenvalue weighted by Gasteiger charge is -2.17. The highest BCUT2D eigenvalue weighted by molar-refractivity contribution is 7.90. The molecule has 1 heterocycles. The van der Waals surface area contributed by atoms with Gasteiger partial charge in [-0.05, 0) is 31.4 Å². The molecule has 0 spiro atoms. The first-order valence-corrected chi connectivity index (χ1v) is 8.72. The fourth-order valence-corrected chi connectivity index (χ4v) is 4.11. The lowest BCUT2D eigenvalue weighted by atomic mass is 9.94. The summed E-state index contributed by atoms with van der Waals surface area (Å²) < 4.78 is 34.9. The van der Waals surface area contributed by atoms with Gasteiger partial charge in [0.2, 0.25) is 5.91 Å². The summed E-state index contributed by atoms with van der Waals surface area (Å²) in [7, 11) is -3.92. The summed E-state index contributed by atoms with van der Waals surface area (Å²) >= 11 is 0.944. The first-order chi connectivity index (χ1) is 10.1. The van der Waals surface area contributed by atoms with Gasteiger partial charge in [0.1, 0.15) is 15.9 Å². The topological polar surface area (TPSA) is 89.0 Å².